The van der Waals surface area contributed by atoms with E-state index in [1.54, 1.807) is 17.4 Å². The molecule has 0 radical (unpaired) electrons. The first-order valence-electron chi connectivity index (χ1n) is 8.09. The first kappa shape index (κ1) is 16.4. The number of thiazole rings is 1. The summed E-state index contributed by atoms with van der Waals surface area (Å²) in [4.78, 5) is 12.6. The Morgan fingerprint density at radius 3 is 2.91 bits per heavy atom. The zero-order valence-corrected chi connectivity index (χ0v) is 14.6. The van der Waals surface area contributed by atoms with Crippen molar-refractivity contribution in [3.63, 3.8) is 0 Å². The summed E-state index contributed by atoms with van der Waals surface area (Å²) in [6.45, 7) is 8.74. The fourth-order valence-corrected chi connectivity index (χ4v) is 3.85. The number of nitrogens with zero attached hydrogens (tertiary/aromatic N) is 3. The molecule has 0 unspecified atom stereocenters. The summed E-state index contributed by atoms with van der Waals surface area (Å²) < 4.78 is 0. The Bertz CT molecular complexity index is 652. The average molecular weight is 332 g/mol. The van der Waals surface area contributed by atoms with Gasteiger partial charge in [-0.1, -0.05) is 0 Å². The number of hydrogen-bond donors (Lipinski definition) is 2. The predicted molar refractivity (Wildman–Crippen MR) is 92.6 cm³/mol. The molecule has 1 fully saturated rings. The lowest BCUT2D eigenvalue weighted by molar-refractivity contribution is 0.216. The molecule has 3 heterocycles. The van der Waals surface area contributed by atoms with Gasteiger partial charge in [0.05, 0.1) is 16.9 Å². The minimum atomic E-state index is 0.283. The van der Waals surface area contributed by atoms with Gasteiger partial charge < -0.3 is 10.4 Å². The zero-order valence-electron chi connectivity index (χ0n) is 13.7. The third-order valence-corrected chi connectivity index (χ3v) is 5.27. The number of pyridine rings is 1. The smallest absolute Gasteiger partial charge is 0.138 e. The number of aromatic hydroxyl groups is 1. The third kappa shape index (κ3) is 4.28. The summed E-state index contributed by atoms with van der Waals surface area (Å²) in [5.74, 6) is 0.946. The SMILES string of the molecule is Cc1ccc(O)c(CN(Cc2scnc2C)C[C@H]2CCNC2)n1. The van der Waals surface area contributed by atoms with E-state index in [9.17, 15) is 5.11 Å². The van der Waals surface area contributed by atoms with Crippen LogP contribution in [0, 0.1) is 19.8 Å². The topological polar surface area (TPSA) is 61.3 Å². The second-order valence-corrected chi connectivity index (χ2v) is 7.25. The highest BCUT2D eigenvalue weighted by molar-refractivity contribution is 7.09. The minimum absolute atomic E-state index is 0.283. The zero-order chi connectivity index (χ0) is 16.2. The van der Waals surface area contributed by atoms with Crippen molar-refractivity contribution in [2.24, 2.45) is 5.92 Å². The molecule has 1 aliphatic heterocycles. The molecule has 2 aromatic rings. The summed E-state index contributed by atoms with van der Waals surface area (Å²) in [6, 6.07) is 3.59. The van der Waals surface area contributed by atoms with E-state index < -0.39 is 0 Å². The Labute approximate surface area is 141 Å². The van der Waals surface area contributed by atoms with Crippen molar-refractivity contribution in [1.29, 1.82) is 0 Å². The van der Waals surface area contributed by atoms with Crippen LogP contribution >= 0.6 is 11.3 Å². The third-order valence-electron chi connectivity index (χ3n) is 4.35. The Hall–Kier alpha value is -1.50. The quantitative estimate of drug-likeness (QED) is 0.851. The Balaban J connectivity index is 1.76. The second-order valence-electron chi connectivity index (χ2n) is 6.31. The molecule has 2 N–H and O–H groups in total. The molecule has 2 aromatic heterocycles. The van der Waals surface area contributed by atoms with Crippen molar-refractivity contribution < 1.29 is 5.11 Å². The van der Waals surface area contributed by atoms with Crippen LogP contribution in [0.4, 0.5) is 0 Å². The van der Waals surface area contributed by atoms with Crippen molar-refractivity contribution in [1.82, 2.24) is 20.2 Å². The minimum Gasteiger partial charge on any atom is -0.506 e. The summed E-state index contributed by atoms with van der Waals surface area (Å²) in [6.07, 6.45) is 1.21. The molecule has 0 saturated carbocycles. The highest BCUT2D eigenvalue weighted by atomic mass is 32.1. The maximum absolute atomic E-state index is 10.1. The van der Waals surface area contributed by atoms with Crippen LogP contribution in [0.25, 0.3) is 0 Å². The fourth-order valence-electron chi connectivity index (χ4n) is 3.03. The molecule has 0 aliphatic carbocycles. The maximum atomic E-state index is 10.1. The molecule has 0 bridgehead atoms. The van der Waals surface area contributed by atoms with E-state index in [4.69, 9.17) is 0 Å². The molecule has 23 heavy (non-hydrogen) atoms. The van der Waals surface area contributed by atoms with Crippen LogP contribution in [0.3, 0.4) is 0 Å². The van der Waals surface area contributed by atoms with E-state index in [0.717, 1.165) is 43.3 Å². The first-order valence-corrected chi connectivity index (χ1v) is 8.97. The van der Waals surface area contributed by atoms with Gasteiger partial charge in [0.1, 0.15) is 5.75 Å². The largest absolute Gasteiger partial charge is 0.506 e. The lowest BCUT2D eigenvalue weighted by Crippen LogP contribution is -2.30. The van der Waals surface area contributed by atoms with E-state index in [-0.39, 0.29) is 5.75 Å². The molecule has 0 amide bonds. The van der Waals surface area contributed by atoms with Gasteiger partial charge in [-0.2, -0.15) is 0 Å². The Morgan fingerprint density at radius 2 is 2.22 bits per heavy atom. The van der Waals surface area contributed by atoms with Crippen molar-refractivity contribution in [2.45, 2.75) is 33.4 Å². The number of nitrogens with one attached hydrogen (secondary N) is 1. The summed E-state index contributed by atoms with van der Waals surface area (Å²) in [7, 11) is 0. The van der Waals surface area contributed by atoms with Crippen molar-refractivity contribution in [3.05, 3.63) is 39.6 Å². The molecule has 1 aliphatic rings. The maximum Gasteiger partial charge on any atom is 0.138 e. The van der Waals surface area contributed by atoms with Gasteiger partial charge in [0.2, 0.25) is 0 Å². The van der Waals surface area contributed by atoms with Crippen molar-refractivity contribution in [2.75, 3.05) is 19.6 Å². The average Bonchev–Trinajstić information content (AvgIpc) is 3.16. The van der Waals surface area contributed by atoms with E-state index in [1.807, 2.05) is 18.5 Å². The van der Waals surface area contributed by atoms with Crippen LogP contribution in [-0.2, 0) is 13.1 Å². The van der Waals surface area contributed by atoms with E-state index in [1.165, 1.54) is 11.3 Å². The number of aromatic nitrogens is 2. The standard InChI is InChI=1S/C17H24N4OS/c1-12-3-4-16(22)15(20-12)9-21(8-14-5-6-18-7-14)10-17-13(2)19-11-23-17/h3-4,11,14,18,22H,5-10H2,1-2H3/t14-/m0/s1. The number of aryl methyl sites for hydroxylation is 2. The molecule has 1 saturated heterocycles. The Kier molecular flexibility index (Phi) is 5.25. The van der Waals surface area contributed by atoms with Crippen LogP contribution in [0.2, 0.25) is 0 Å². The van der Waals surface area contributed by atoms with E-state index in [0.29, 0.717) is 12.5 Å². The van der Waals surface area contributed by atoms with Crippen LogP contribution in [0.1, 0.15) is 28.4 Å². The normalized spacial score (nSPS) is 18.0. The lowest BCUT2D eigenvalue weighted by atomic mass is 10.1. The van der Waals surface area contributed by atoms with Gasteiger partial charge >= 0.3 is 0 Å². The molecule has 124 valence electrons. The molecule has 5 nitrogen and oxygen atoms in total. The fraction of sp³-hybridized carbons (Fsp3) is 0.529. The lowest BCUT2D eigenvalue weighted by Gasteiger charge is -2.25. The molecule has 3 rings (SSSR count). The molecule has 6 heteroatoms. The molecule has 1 atom stereocenters. The highest BCUT2D eigenvalue weighted by Gasteiger charge is 2.21. The van der Waals surface area contributed by atoms with E-state index in [2.05, 4.69) is 27.1 Å². The first-order chi connectivity index (χ1) is 11.1. The number of rotatable bonds is 6. The second kappa shape index (κ2) is 7.38. The summed E-state index contributed by atoms with van der Waals surface area (Å²) in [5.41, 5.74) is 4.71. The van der Waals surface area contributed by atoms with Crippen LogP contribution in [0.15, 0.2) is 17.6 Å². The van der Waals surface area contributed by atoms with Gasteiger partial charge in [0, 0.05) is 30.2 Å². The van der Waals surface area contributed by atoms with Gasteiger partial charge in [0.15, 0.2) is 0 Å². The van der Waals surface area contributed by atoms with Crippen LogP contribution in [0.5, 0.6) is 5.75 Å². The molecule has 0 aromatic carbocycles. The van der Waals surface area contributed by atoms with Crippen LogP contribution in [-0.4, -0.2) is 39.6 Å². The van der Waals surface area contributed by atoms with Gasteiger partial charge in [-0.3, -0.25) is 9.88 Å². The molecule has 0 spiro atoms. The predicted octanol–water partition coefficient (Wildman–Crippen LogP) is 2.47. The molecular formula is C17H24N4OS. The highest BCUT2D eigenvalue weighted by Crippen LogP contribution is 2.22. The van der Waals surface area contributed by atoms with Crippen LogP contribution < -0.4 is 5.32 Å². The van der Waals surface area contributed by atoms with Crippen molar-refractivity contribution >= 4 is 11.3 Å². The Morgan fingerprint density at radius 1 is 1.35 bits per heavy atom. The van der Waals surface area contributed by atoms with Crippen molar-refractivity contribution in [3.8, 4) is 5.75 Å². The van der Waals surface area contributed by atoms with E-state index >= 15 is 0 Å². The molecular weight excluding hydrogens is 308 g/mol. The monoisotopic (exact) mass is 332 g/mol. The van der Waals surface area contributed by atoms with Gasteiger partial charge in [0.25, 0.3) is 0 Å². The summed E-state index contributed by atoms with van der Waals surface area (Å²) in [5, 5.41) is 13.5. The van der Waals surface area contributed by atoms with Gasteiger partial charge in [-0.25, -0.2) is 4.98 Å². The van der Waals surface area contributed by atoms with Gasteiger partial charge in [-0.15, -0.1) is 11.3 Å². The number of hydrogen-bond acceptors (Lipinski definition) is 6. The summed E-state index contributed by atoms with van der Waals surface area (Å²) >= 11 is 1.70. The van der Waals surface area contributed by atoms with Gasteiger partial charge in [-0.05, 0) is 51.4 Å².